The second-order valence-corrected chi connectivity index (χ2v) is 2.49. The second kappa shape index (κ2) is 1.94. The fourth-order valence-electron chi connectivity index (χ4n) is 1.18. The van der Waals surface area contributed by atoms with Crippen molar-refractivity contribution < 1.29 is 9.32 Å². The topological polar surface area (TPSA) is 43.1 Å². The van der Waals surface area contributed by atoms with Crippen LogP contribution in [0.3, 0.4) is 0 Å². The molecule has 1 aliphatic rings. The van der Waals surface area contributed by atoms with Crippen LogP contribution >= 0.6 is 0 Å². The standard InChI is InChI=1S/C7H7NO2/c9-6-2-1-5-4-8-10-7(5)3-6/h4H,1-3H2. The summed E-state index contributed by atoms with van der Waals surface area (Å²) >= 11 is 0. The Morgan fingerprint density at radius 1 is 1.50 bits per heavy atom. The van der Waals surface area contributed by atoms with Crippen LogP contribution in [0.5, 0.6) is 0 Å². The minimum atomic E-state index is 0.254. The van der Waals surface area contributed by atoms with E-state index in [9.17, 15) is 4.79 Å². The molecule has 10 heavy (non-hydrogen) atoms. The van der Waals surface area contributed by atoms with E-state index in [1.54, 1.807) is 6.20 Å². The van der Waals surface area contributed by atoms with Crippen molar-refractivity contribution in [2.75, 3.05) is 0 Å². The van der Waals surface area contributed by atoms with E-state index >= 15 is 0 Å². The van der Waals surface area contributed by atoms with Crippen molar-refractivity contribution in [3.8, 4) is 0 Å². The lowest BCUT2D eigenvalue weighted by molar-refractivity contribution is -0.119. The summed E-state index contributed by atoms with van der Waals surface area (Å²) in [6, 6.07) is 0. The fraction of sp³-hybridized carbons (Fsp3) is 0.429. The Bertz CT molecular complexity index is 264. The monoisotopic (exact) mass is 137 g/mol. The van der Waals surface area contributed by atoms with E-state index in [1.807, 2.05) is 0 Å². The molecule has 1 aliphatic carbocycles. The van der Waals surface area contributed by atoms with Gasteiger partial charge in [0.25, 0.3) is 0 Å². The summed E-state index contributed by atoms with van der Waals surface area (Å²) in [5, 5.41) is 3.61. The molecule has 0 saturated carbocycles. The Labute approximate surface area is 58.0 Å². The normalized spacial score (nSPS) is 17.0. The van der Waals surface area contributed by atoms with E-state index in [4.69, 9.17) is 4.52 Å². The molecule has 3 nitrogen and oxygen atoms in total. The molecule has 0 bridgehead atoms. The minimum Gasteiger partial charge on any atom is -0.361 e. The zero-order valence-electron chi connectivity index (χ0n) is 5.46. The molecule has 0 unspecified atom stereocenters. The number of aryl methyl sites for hydroxylation is 1. The highest BCUT2D eigenvalue weighted by Crippen LogP contribution is 2.17. The zero-order valence-corrected chi connectivity index (χ0v) is 5.46. The van der Waals surface area contributed by atoms with Gasteiger partial charge in [-0.05, 0) is 6.42 Å². The van der Waals surface area contributed by atoms with Gasteiger partial charge in [0, 0.05) is 12.0 Å². The molecule has 0 saturated heterocycles. The molecule has 0 fully saturated rings. The third kappa shape index (κ3) is 0.744. The number of carbonyl (C=O) groups excluding carboxylic acids is 1. The highest BCUT2D eigenvalue weighted by molar-refractivity contribution is 5.82. The van der Waals surface area contributed by atoms with Crippen LogP contribution in [0.4, 0.5) is 0 Å². The predicted octanol–water partition coefficient (Wildman–Crippen LogP) is 0.732. The van der Waals surface area contributed by atoms with Crippen LogP contribution in [0.1, 0.15) is 17.7 Å². The maximum Gasteiger partial charge on any atom is 0.147 e. The Morgan fingerprint density at radius 2 is 2.40 bits per heavy atom. The van der Waals surface area contributed by atoms with Crippen LogP contribution in [0, 0.1) is 0 Å². The smallest absolute Gasteiger partial charge is 0.147 e. The van der Waals surface area contributed by atoms with Gasteiger partial charge in [0.05, 0.1) is 12.6 Å². The molecule has 0 radical (unpaired) electrons. The number of nitrogens with zero attached hydrogens (tertiary/aromatic N) is 1. The SMILES string of the molecule is O=C1CCc2cnoc2C1. The first kappa shape index (κ1) is 5.65. The van der Waals surface area contributed by atoms with E-state index in [-0.39, 0.29) is 5.78 Å². The summed E-state index contributed by atoms with van der Waals surface area (Å²) in [6.45, 7) is 0. The average molecular weight is 137 g/mol. The molecule has 3 heteroatoms. The van der Waals surface area contributed by atoms with Crippen molar-refractivity contribution in [3.05, 3.63) is 17.5 Å². The van der Waals surface area contributed by atoms with Crippen LogP contribution in [0.15, 0.2) is 10.7 Å². The van der Waals surface area contributed by atoms with Gasteiger partial charge in [-0.3, -0.25) is 4.79 Å². The fourth-order valence-corrected chi connectivity index (χ4v) is 1.18. The van der Waals surface area contributed by atoms with E-state index in [0.717, 1.165) is 17.7 Å². The number of rotatable bonds is 0. The molecular formula is C7H7NO2. The Hall–Kier alpha value is -1.12. The zero-order chi connectivity index (χ0) is 6.97. The predicted molar refractivity (Wildman–Crippen MR) is 33.5 cm³/mol. The van der Waals surface area contributed by atoms with Gasteiger partial charge in [-0.15, -0.1) is 0 Å². The Kier molecular flexibility index (Phi) is 1.09. The lowest BCUT2D eigenvalue weighted by atomic mass is 9.98. The number of Topliss-reactive ketones (excluding diaryl/α,β-unsaturated/α-hetero) is 1. The molecular weight excluding hydrogens is 130 g/mol. The first-order chi connectivity index (χ1) is 4.86. The van der Waals surface area contributed by atoms with E-state index < -0.39 is 0 Å². The summed E-state index contributed by atoms with van der Waals surface area (Å²) in [7, 11) is 0. The quantitative estimate of drug-likeness (QED) is 0.529. The number of hydrogen-bond acceptors (Lipinski definition) is 3. The van der Waals surface area contributed by atoms with Gasteiger partial charge in [-0.1, -0.05) is 5.16 Å². The molecule has 0 atom stereocenters. The second-order valence-electron chi connectivity index (χ2n) is 2.49. The van der Waals surface area contributed by atoms with Gasteiger partial charge in [0.2, 0.25) is 0 Å². The van der Waals surface area contributed by atoms with Gasteiger partial charge in [0.1, 0.15) is 11.5 Å². The van der Waals surface area contributed by atoms with Gasteiger partial charge < -0.3 is 4.52 Å². The highest BCUT2D eigenvalue weighted by Gasteiger charge is 2.18. The Balaban J connectivity index is 2.39. The molecule has 1 heterocycles. The van der Waals surface area contributed by atoms with Gasteiger partial charge in [-0.25, -0.2) is 0 Å². The molecule has 0 amide bonds. The van der Waals surface area contributed by atoms with Gasteiger partial charge in [-0.2, -0.15) is 0 Å². The van der Waals surface area contributed by atoms with E-state index in [1.165, 1.54) is 0 Å². The number of fused-ring (bicyclic) bond motifs is 1. The molecule has 2 rings (SSSR count). The number of hydrogen-bond donors (Lipinski definition) is 0. The van der Waals surface area contributed by atoms with Crippen LogP contribution in [0.2, 0.25) is 0 Å². The number of carbonyl (C=O) groups is 1. The molecule has 0 aliphatic heterocycles. The van der Waals surface area contributed by atoms with Crippen molar-refractivity contribution in [2.24, 2.45) is 0 Å². The molecule has 0 aromatic carbocycles. The van der Waals surface area contributed by atoms with Gasteiger partial charge >= 0.3 is 0 Å². The summed E-state index contributed by atoms with van der Waals surface area (Å²) in [4.78, 5) is 10.8. The third-order valence-electron chi connectivity index (χ3n) is 1.76. The van der Waals surface area contributed by atoms with Gasteiger partial charge in [0.15, 0.2) is 0 Å². The summed E-state index contributed by atoms with van der Waals surface area (Å²) < 4.78 is 4.86. The summed E-state index contributed by atoms with van der Waals surface area (Å²) in [5.74, 6) is 1.01. The summed E-state index contributed by atoms with van der Waals surface area (Å²) in [6.07, 6.45) is 3.59. The largest absolute Gasteiger partial charge is 0.361 e. The van der Waals surface area contributed by atoms with Crippen molar-refractivity contribution in [3.63, 3.8) is 0 Å². The van der Waals surface area contributed by atoms with Crippen molar-refractivity contribution >= 4 is 5.78 Å². The highest BCUT2D eigenvalue weighted by atomic mass is 16.5. The molecule has 52 valence electrons. The average Bonchev–Trinajstić information content (AvgIpc) is 2.33. The van der Waals surface area contributed by atoms with Crippen molar-refractivity contribution in [1.82, 2.24) is 5.16 Å². The van der Waals surface area contributed by atoms with Crippen LogP contribution < -0.4 is 0 Å². The van der Waals surface area contributed by atoms with Crippen molar-refractivity contribution in [2.45, 2.75) is 19.3 Å². The van der Waals surface area contributed by atoms with Crippen molar-refractivity contribution in [1.29, 1.82) is 0 Å². The Morgan fingerprint density at radius 3 is 3.30 bits per heavy atom. The lowest BCUT2D eigenvalue weighted by Crippen LogP contribution is -2.10. The van der Waals surface area contributed by atoms with Crippen LogP contribution in [-0.2, 0) is 17.6 Å². The summed E-state index contributed by atoms with van der Waals surface area (Å²) in [5.41, 5.74) is 1.10. The molecule has 1 aromatic rings. The molecule has 0 N–H and O–H groups in total. The number of ketones is 1. The maximum atomic E-state index is 10.8. The molecule has 0 spiro atoms. The first-order valence-electron chi connectivity index (χ1n) is 3.30. The molecule has 1 aromatic heterocycles. The third-order valence-corrected chi connectivity index (χ3v) is 1.76. The van der Waals surface area contributed by atoms with Crippen LogP contribution in [-0.4, -0.2) is 10.9 Å². The van der Waals surface area contributed by atoms with E-state index in [0.29, 0.717) is 12.8 Å². The lowest BCUT2D eigenvalue weighted by Gasteiger charge is -2.05. The minimum absolute atomic E-state index is 0.254. The first-order valence-corrected chi connectivity index (χ1v) is 3.30. The number of aromatic nitrogens is 1. The maximum absolute atomic E-state index is 10.8. The van der Waals surface area contributed by atoms with E-state index in [2.05, 4.69) is 5.16 Å². The van der Waals surface area contributed by atoms with Crippen LogP contribution in [0.25, 0.3) is 0 Å².